The van der Waals surface area contributed by atoms with E-state index in [1.165, 1.54) is 0 Å². The SMILES string of the molecule is CCC(C(N)=O)N1C(=O)NC(C)(c2ccc(C(C)(C)C)cc2)C1=O. The van der Waals surface area contributed by atoms with Crippen LogP contribution in [0.2, 0.25) is 0 Å². The fourth-order valence-electron chi connectivity index (χ4n) is 2.95. The Balaban J connectivity index is 2.39. The molecule has 1 saturated heterocycles. The first kappa shape index (κ1) is 18.0. The van der Waals surface area contributed by atoms with E-state index in [-0.39, 0.29) is 11.8 Å². The maximum Gasteiger partial charge on any atom is 0.326 e. The number of urea groups is 1. The summed E-state index contributed by atoms with van der Waals surface area (Å²) in [6.07, 6.45) is 0.285. The summed E-state index contributed by atoms with van der Waals surface area (Å²) >= 11 is 0. The molecule has 0 aliphatic carbocycles. The molecule has 6 heteroatoms. The molecule has 0 radical (unpaired) electrons. The molecule has 1 heterocycles. The molecule has 1 aliphatic heterocycles. The Hall–Kier alpha value is -2.37. The van der Waals surface area contributed by atoms with Gasteiger partial charge in [0.2, 0.25) is 5.91 Å². The number of nitrogens with one attached hydrogen (secondary N) is 1. The standard InChI is InChI=1S/C18H25N3O3/c1-6-13(14(19)22)21-15(23)18(5,20-16(21)24)12-9-7-11(8-10-12)17(2,3)4/h7-10,13H,6H2,1-5H3,(H2,19,22)(H,20,24). The molecule has 3 N–H and O–H groups in total. The number of hydrogen-bond acceptors (Lipinski definition) is 3. The molecule has 0 spiro atoms. The highest BCUT2D eigenvalue weighted by atomic mass is 16.2. The molecular formula is C18H25N3O3. The topological polar surface area (TPSA) is 92.5 Å². The van der Waals surface area contributed by atoms with E-state index in [1.807, 2.05) is 24.3 Å². The fraction of sp³-hybridized carbons (Fsp3) is 0.500. The molecule has 1 aliphatic rings. The normalized spacial score (nSPS) is 22.5. The van der Waals surface area contributed by atoms with Gasteiger partial charge in [0.05, 0.1) is 0 Å². The van der Waals surface area contributed by atoms with Gasteiger partial charge in [0, 0.05) is 0 Å². The molecule has 0 saturated carbocycles. The van der Waals surface area contributed by atoms with Crippen molar-refractivity contribution >= 4 is 17.8 Å². The van der Waals surface area contributed by atoms with Crippen LogP contribution in [0.4, 0.5) is 4.79 Å². The smallest absolute Gasteiger partial charge is 0.326 e. The zero-order chi connectivity index (χ0) is 18.3. The lowest BCUT2D eigenvalue weighted by molar-refractivity contribution is -0.137. The number of benzene rings is 1. The summed E-state index contributed by atoms with van der Waals surface area (Å²) in [6, 6.07) is 6.06. The highest BCUT2D eigenvalue weighted by Crippen LogP contribution is 2.32. The van der Waals surface area contributed by atoms with Gasteiger partial charge in [-0.05, 0) is 29.9 Å². The van der Waals surface area contributed by atoms with E-state index in [9.17, 15) is 14.4 Å². The van der Waals surface area contributed by atoms with Crippen LogP contribution in [0.5, 0.6) is 0 Å². The minimum absolute atomic E-state index is 0.00627. The summed E-state index contributed by atoms with van der Waals surface area (Å²) in [5, 5.41) is 2.70. The second-order valence-electron chi connectivity index (χ2n) is 7.38. The van der Waals surface area contributed by atoms with Gasteiger partial charge < -0.3 is 11.1 Å². The first-order chi connectivity index (χ1) is 11.0. The molecule has 1 aromatic rings. The molecule has 0 bridgehead atoms. The van der Waals surface area contributed by atoms with Gasteiger partial charge in [-0.2, -0.15) is 0 Å². The number of carbonyl (C=O) groups excluding carboxylic acids is 3. The highest BCUT2D eigenvalue weighted by Gasteiger charge is 2.52. The number of nitrogens with two attached hydrogens (primary N) is 1. The quantitative estimate of drug-likeness (QED) is 0.827. The molecule has 6 nitrogen and oxygen atoms in total. The molecule has 4 amide bonds. The van der Waals surface area contributed by atoms with E-state index in [2.05, 4.69) is 26.1 Å². The van der Waals surface area contributed by atoms with Gasteiger partial charge >= 0.3 is 6.03 Å². The maximum absolute atomic E-state index is 12.9. The fourth-order valence-corrected chi connectivity index (χ4v) is 2.95. The number of carbonyl (C=O) groups is 3. The third-order valence-electron chi connectivity index (χ3n) is 4.58. The van der Waals surface area contributed by atoms with E-state index in [4.69, 9.17) is 5.73 Å². The van der Waals surface area contributed by atoms with E-state index in [1.54, 1.807) is 13.8 Å². The maximum atomic E-state index is 12.9. The van der Waals surface area contributed by atoms with Crippen molar-refractivity contribution in [2.45, 2.75) is 58.0 Å². The van der Waals surface area contributed by atoms with Gasteiger partial charge in [-0.1, -0.05) is 52.0 Å². The van der Waals surface area contributed by atoms with Crippen molar-refractivity contribution in [1.82, 2.24) is 10.2 Å². The number of primary amides is 1. The van der Waals surface area contributed by atoms with Crippen molar-refractivity contribution < 1.29 is 14.4 Å². The molecule has 130 valence electrons. The van der Waals surface area contributed by atoms with Gasteiger partial charge in [-0.15, -0.1) is 0 Å². The molecule has 2 rings (SSSR count). The Morgan fingerprint density at radius 1 is 1.25 bits per heavy atom. The molecule has 1 aromatic carbocycles. The van der Waals surface area contributed by atoms with Gasteiger partial charge in [-0.3, -0.25) is 9.59 Å². The van der Waals surface area contributed by atoms with E-state index in [0.29, 0.717) is 5.56 Å². The monoisotopic (exact) mass is 331 g/mol. The Morgan fingerprint density at radius 2 is 1.79 bits per heavy atom. The zero-order valence-corrected chi connectivity index (χ0v) is 14.8. The Labute approximate surface area is 142 Å². The lowest BCUT2D eigenvalue weighted by atomic mass is 9.84. The average molecular weight is 331 g/mol. The van der Waals surface area contributed by atoms with E-state index < -0.39 is 29.4 Å². The van der Waals surface area contributed by atoms with Crippen LogP contribution in [0.25, 0.3) is 0 Å². The van der Waals surface area contributed by atoms with E-state index in [0.717, 1.165) is 10.5 Å². The minimum atomic E-state index is -1.20. The van der Waals surface area contributed by atoms with Crippen molar-refractivity contribution in [1.29, 1.82) is 0 Å². The van der Waals surface area contributed by atoms with Crippen LogP contribution >= 0.6 is 0 Å². The van der Waals surface area contributed by atoms with Crippen molar-refractivity contribution in [3.05, 3.63) is 35.4 Å². The summed E-state index contributed by atoms with van der Waals surface area (Å²) in [5.74, 6) is -1.14. The van der Waals surface area contributed by atoms with Crippen molar-refractivity contribution in [2.24, 2.45) is 5.73 Å². The van der Waals surface area contributed by atoms with Crippen molar-refractivity contribution in [3.63, 3.8) is 0 Å². The van der Waals surface area contributed by atoms with Crippen LogP contribution in [0.15, 0.2) is 24.3 Å². The summed E-state index contributed by atoms with van der Waals surface area (Å²) in [4.78, 5) is 37.7. The number of amides is 4. The van der Waals surface area contributed by atoms with Gasteiger partial charge in [0.15, 0.2) is 0 Å². The van der Waals surface area contributed by atoms with Gasteiger partial charge in [0.1, 0.15) is 11.6 Å². The van der Waals surface area contributed by atoms with Gasteiger partial charge in [-0.25, -0.2) is 9.69 Å². The molecule has 24 heavy (non-hydrogen) atoms. The third-order valence-corrected chi connectivity index (χ3v) is 4.58. The lowest BCUT2D eigenvalue weighted by Crippen LogP contribution is -2.49. The third kappa shape index (κ3) is 2.88. The number of hydrogen-bond donors (Lipinski definition) is 2. The summed E-state index contributed by atoms with van der Waals surface area (Å²) < 4.78 is 0. The van der Waals surface area contributed by atoms with Crippen LogP contribution in [-0.4, -0.2) is 28.8 Å². The van der Waals surface area contributed by atoms with Crippen LogP contribution in [0, 0.1) is 0 Å². The Bertz CT molecular complexity index is 676. The largest absolute Gasteiger partial charge is 0.368 e. The predicted molar refractivity (Wildman–Crippen MR) is 91.1 cm³/mol. The van der Waals surface area contributed by atoms with Crippen molar-refractivity contribution in [3.8, 4) is 0 Å². The van der Waals surface area contributed by atoms with Crippen LogP contribution < -0.4 is 11.1 Å². The first-order valence-electron chi connectivity index (χ1n) is 8.08. The second-order valence-corrected chi connectivity index (χ2v) is 7.38. The first-order valence-corrected chi connectivity index (χ1v) is 8.08. The lowest BCUT2D eigenvalue weighted by Gasteiger charge is -2.26. The summed E-state index contributed by atoms with van der Waals surface area (Å²) in [5.41, 5.74) is 5.94. The number of nitrogens with zero attached hydrogens (tertiary/aromatic N) is 1. The minimum Gasteiger partial charge on any atom is -0.368 e. The second kappa shape index (κ2) is 5.92. The molecular weight excluding hydrogens is 306 g/mol. The van der Waals surface area contributed by atoms with Crippen molar-refractivity contribution in [2.75, 3.05) is 0 Å². The zero-order valence-electron chi connectivity index (χ0n) is 14.8. The van der Waals surface area contributed by atoms with E-state index >= 15 is 0 Å². The van der Waals surface area contributed by atoms with Gasteiger partial charge in [0.25, 0.3) is 5.91 Å². The van der Waals surface area contributed by atoms with Crippen LogP contribution in [-0.2, 0) is 20.5 Å². The molecule has 2 unspecified atom stereocenters. The Morgan fingerprint density at radius 3 is 2.21 bits per heavy atom. The molecule has 0 aromatic heterocycles. The summed E-state index contributed by atoms with van der Waals surface area (Å²) in [6.45, 7) is 9.67. The Kier molecular flexibility index (Phi) is 4.44. The highest BCUT2D eigenvalue weighted by molar-refractivity contribution is 6.09. The van der Waals surface area contributed by atoms with Crippen LogP contribution in [0.3, 0.4) is 0 Å². The predicted octanol–water partition coefficient (Wildman–Crippen LogP) is 2.01. The molecule has 1 fully saturated rings. The van der Waals surface area contributed by atoms with Crippen LogP contribution in [0.1, 0.15) is 52.2 Å². The average Bonchev–Trinajstić information content (AvgIpc) is 2.71. The number of imide groups is 1. The number of rotatable bonds is 4. The molecule has 2 atom stereocenters. The summed E-state index contributed by atoms with van der Waals surface area (Å²) in [7, 11) is 0.